The van der Waals surface area contributed by atoms with Crippen LogP contribution in [0.5, 0.6) is 0 Å². The summed E-state index contributed by atoms with van der Waals surface area (Å²) in [5, 5.41) is 26.6. The van der Waals surface area contributed by atoms with Crippen LogP contribution in [0.15, 0.2) is 12.5 Å². The first kappa shape index (κ1) is 27.7. The number of carboxylic acid groups (broad SMARTS) is 1. The summed E-state index contributed by atoms with van der Waals surface area (Å²) in [6.07, 6.45) is 3.54. The van der Waals surface area contributed by atoms with E-state index in [9.17, 15) is 29.4 Å². The topological polar surface area (TPSA) is 200 Å². The van der Waals surface area contributed by atoms with Gasteiger partial charge in [0.05, 0.1) is 18.5 Å². The number of hydrogen-bond donors (Lipinski definition) is 8. The summed E-state index contributed by atoms with van der Waals surface area (Å²) in [5.41, 5.74) is 6.10. The smallest absolute Gasteiger partial charge is 0.326 e. The van der Waals surface area contributed by atoms with E-state index in [1.54, 1.807) is 0 Å². The lowest BCUT2D eigenvalue weighted by Gasteiger charge is -2.26. The van der Waals surface area contributed by atoms with Gasteiger partial charge in [-0.3, -0.25) is 14.4 Å². The third kappa shape index (κ3) is 9.06. The SMILES string of the molecule is CSCCC(NC(=O)C(NC(=O)C(N)CS)C(C)O)C(=O)NC(Cc1cnc[nH]1)C(=O)O. The van der Waals surface area contributed by atoms with E-state index < -0.39 is 54.0 Å². The number of nitrogens with one attached hydrogen (secondary N) is 4. The van der Waals surface area contributed by atoms with Crippen molar-refractivity contribution in [3.05, 3.63) is 18.2 Å². The summed E-state index contributed by atoms with van der Waals surface area (Å²) in [4.78, 5) is 55.7. The molecule has 14 heteroatoms. The van der Waals surface area contributed by atoms with Crippen LogP contribution in [0.25, 0.3) is 0 Å². The molecule has 0 saturated carbocycles. The van der Waals surface area contributed by atoms with Crippen molar-refractivity contribution in [3.63, 3.8) is 0 Å². The average molecular weight is 491 g/mol. The molecule has 0 aliphatic heterocycles. The third-order valence-electron chi connectivity index (χ3n) is 4.43. The molecule has 3 amide bonds. The van der Waals surface area contributed by atoms with E-state index >= 15 is 0 Å². The summed E-state index contributed by atoms with van der Waals surface area (Å²) < 4.78 is 0. The fourth-order valence-corrected chi connectivity index (χ4v) is 3.24. The standard InChI is InChI=1S/C18H30N6O6S2/c1-9(25)14(24-15(26)11(19)7-31)17(28)22-12(3-4-32-2)16(27)23-13(18(29)30)5-10-6-20-8-21-10/h6,8-9,11-14,25,31H,3-5,7,19H2,1-2H3,(H,20,21)(H,22,28)(H,23,27)(H,24,26)(H,29,30). The Balaban J connectivity index is 2.91. The van der Waals surface area contributed by atoms with Gasteiger partial charge in [-0.1, -0.05) is 0 Å². The number of thioether (sulfide) groups is 1. The average Bonchev–Trinajstić information content (AvgIpc) is 3.26. The van der Waals surface area contributed by atoms with E-state index in [1.165, 1.54) is 31.2 Å². The molecule has 1 rings (SSSR count). The van der Waals surface area contributed by atoms with Crippen LogP contribution in [0.3, 0.4) is 0 Å². The molecule has 1 aromatic heterocycles. The number of imidazole rings is 1. The molecule has 0 aromatic carbocycles. The molecule has 1 aromatic rings. The van der Waals surface area contributed by atoms with E-state index in [1.807, 2.05) is 6.26 Å². The highest BCUT2D eigenvalue weighted by atomic mass is 32.2. The molecule has 5 unspecified atom stereocenters. The van der Waals surface area contributed by atoms with Crippen LogP contribution in [-0.4, -0.2) is 91.9 Å². The van der Waals surface area contributed by atoms with Gasteiger partial charge in [-0.25, -0.2) is 9.78 Å². The Labute approximate surface area is 195 Å². The van der Waals surface area contributed by atoms with Crippen LogP contribution < -0.4 is 21.7 Å². The number of aliphatic hydroxyl groups is 1. The monoisotopic (exact) mass is 490 g/mol. The minimum atomic E-state index is -1.36. The number of rotatable bonds is 14. The van der Waals surface area contributed by atoms with Crippen molar-refractivity contribution in [2.75, 3.05) is 17.8 Å². The number of aromatic amines is 1. The number of amides is 3. The van der Waals surface area contributed by atoms with Crippen molar-refractivity contribution in [3.8, 4) is 0 Å². The Bertz CT molecular complexity index is 763. The van der Waals surface area contributed by atoms with Gasteiger partial charge in [0, 0.05) is 24.1 Å². The normalized spacial score (nSPS) is 15.7. The molecule has 5 atom stereocenters. The van der Waals surface area contributed by atoms with E-state index in [-0.39, 0.29) is 18.6 Å². The van der Waals surface area contributed by atoms with Gasteiger partial charge in [0.15, 0.2) is 0 Å². The summed E-state index contributed by atoms with van der Waals surface area (Å²) in [5.74, 6) is -2.92. The Morgan fingerprint density at radius 3 is 2.34 bits per heavy atom. The second-order valence-electron chi connectivity index (χ2n) is 7.04. The van der Waals surface area contributed by atoms with Crippen molar-refractivity contribution in [2.45, 2.75) is 50.0 Å². The van der Waals surface area contributed by atoms with E-state index in [4.69, 9.17) is 5.73 Å². The third-order valence-corrected chi connectivity index (χ3v) is 5.47. The van der Waals surface area contributed by atoms with Crippen molar-refractivity contribution in [2.24, 2.45) is 5.73 Å². The number of carboxylic acids is 1. The molecule has 12 nitrogen and oxygen atoms in total. The summed E-state index contributed by atoms with van der Waals surface area (Å²) in [6, 6.07) is -4.69. The van der Waals surface area contributed by atoms with Gasteiger partial charge in [0.1, 0.15) is 18.1 Å². The van der Waals surface area contributed by atoms with Crippen LogP contribution >= 0.6 is 24.4 Å². The maximum Gasteiger partial charge on any atom is 0.326 e. The molecule has 0 aliphatic carbocycles. The van der Waals surface area contributed by atoms with Gasteiger partial charge in [0.2, 0.25) is 17.7 Å². The molecule has 0 spiro atoms. The fraction of sp³-hybridized carbons (Fsp3) is 0.611. The maximum atomic E-state index is 12.8. The number of nitrogens with two attached hydrogens (primary N) is 1. The second-order valence-corrected chi connectivity index (χ2v) is 8.39. The number of aliphatic hydroxyl groups excluding tert-OH is 1. The zero-order valence-electron chi connectivity index (χ0n) is 17.8. The van der Waals surface area contributed by atoms with Gasteiger partial charge in [-0.15, -0.1) is 0 Å². The van der Waals surface area contributed by atoms with Crippen molar-refractivity contribution in [1.29, 1.82) is 0 Å². The summed E-state index contributed by atoms with van der Waals surface area (Å²) >= 11 is 5.35. The minimum Gasteiger partial charge on any atom is -0.480 e. The molecule has 0 fully saturated rings. The van der Waals surface area contributed by atoms with Crippen LogP contribution in [0.4, 0.5) is 0 Å². The number of aliphatic carboxylic acids is 1. The predicted octanol–water partition coefficient (Wildman–Crippen LogP) is -2.12. The number of carbonyl (C=O) groups is 4. The van der Waals surface area contributed by atoms with Crippen LogP contribution in [-0.2, 0) is 25.6 Å². The van der Waals surface area contributed by atoms with Gasteiger partial charge < -0.3 is 36.9 Å². The molecule has 8 N–H and O–H groups in total. The largest absolute Gasteiger partial charge is 0.480 e. The molecule has 0 saturated heterocycles. The molecular formula is C18H30N6O6S2. The predicted molar refractivity (Wildman–Crippen MR) is 122 cm³/mol. The number of aromatic nitrogens is 2. The van der Waals surface area contributed by atoms with Gasteiger partial charge in [-0.05, 0) is 25.4 Å². The van der Waals surface area contributed by atoms with Gasteiger partial charge in [0.25, 0.3) is 0 Å². The molecule has 32 heavy (non-hydrogen) atoms. The quantitative estimate of drug-likeness (QED) is 0.134. The van der Waals surface area contributed by atoms with Crippen molar-refractivity contribution in [1.82, 2.24) is 25.9 Å². The first-order valence-corrected chi connectivity index (χ1v) is 11.8. The highest BCUT2D eigenvalue weighted by molar-refractivity contribution is 7.98. The highest BCUT2D eigenvalue weighted by Gasteiger charge is 2.32. The number of carbonyl (C=O) groups excluding carboxylic acids is 3. The molecule has 1 heterocycles. The lowest BCUT2D eigenvalue weighted by molar-refractivity contribution is -0.142. The van der Waals surface area contributed by atoms with E-state index in [0.29, 0.717) is 11.4 Å². The number of nitrogens with zero attached hydrogens (tertiary/aromatic N) is 1. The van der Waals surface area contributed by atoms with E-state index in [2.05, 4.69) is 38.5 Å². The van der Waals surface area contributed by atoms with Gasteiger partial charge in [-0.2, -0.15) is 24.4 Å². The lowest BCUT2D eigenvalue weighted by atomic mass is 10.1. The van der Waals surface area contributed by atoms with Gasteiger partial charge >= 0.3 is 5.97 Å². The van der Waals surface area contributed by atoms with Crippen LogP contribution in [0.1, 0.15) is 19.0 Å². The fourth-order valence-electron chi connectivity index (χ4n) is 2.60. The second kappa shape index (κ2) is 14.0. The molecular weight excluding hydrogens is 460 g/mol. The highest BCUT2D eigenvalue weighted by Crippen LogP contribution is 2.06. The molecule has 0 bridgehead atoms. The lowest BCUT2D eigenvalue weighted by Crippen LogP contribution is -2.60. The van der Waals surface area contributed by atoms with E-state index in [0.717, 1.165) is 0 Å². The Hall–Kier alpha value is -2.29. The summed E-state index contributed by atoms with van der Waals surface area (Å²) in [7, 11) is 0. The number of thiol groups is 1. The number of H-pyrrole nitrogens is 1. The molecule has 0 radical (unpaired) electrons. The Morgan fingerprint density at radius 1 is 1.19 bits per heavy atom. The molecule has 180 valence electrons. The van der Waals surface area contributed by atoms with Crippen molar-refractivity contribution < 1.29 is 29.4 Å². The maximum absolute atomic E-state index is 12.8. The minimum absolute atomic E-state index is 0.0295. The first-order valence-electron chi connectivity index (χ1n) is 9.75. The summed E-state index contributed by atoms with van der Waals surface area (Å²) in [6.45, 7) is 1.30. The zero-order valence-corrected chi connectivity index (χ0v) is 19.5. The number of hydrogen-bond acceptors (Lipinski definition) is 9. The molecule has 0 aliphatic rings. The Morgan fingerprint density at radius 2 is 1.84 bits per heavy atom. The van der Waals surface area contributed by atoms with Crippen LogP contribution in [0.2, 0.25) is 0 Å². The van der Waals surface area contributed by atoms with Crippen LogP contribution in [0, 0.1) is 0 Å². The first-order chi connectivity index (χ1) is 15.1. The van der Waals surface area contributed by atoms with Crippen molar-refractivity contribution >= 4 is 48.1 Å². The Kier molecular flexibility index (Phi) is 12.1. The zero-order chi connectivity index (χ0) is 24.3.